The normalized spacial score (nSPS) is 12.6. The number of anilines is 2. The summed E-state index contributed by atoms with van der Waals surface area (Å²) >= 11 is 0. The number of alkyl halides is 7. The molecule has 0 radical (unpaired) electrons. The summed E-state index contributed by atoms with van der Waals surface area (Å²) in [5, 5.41) is 0. The number of benzene rings is 3. The van der Waals surface area contributed by atoms with Crippen LogP contribution in [0.1, 0.15) is 37.4 Å². The van der Waals surface area contributed by atoms with Gasteiger partial charge in [0.2, 0.25) is 0 Å². The summed E-state index contributed by atoms with van der Waals surface area (Å²) in [6, 6.07) is 14.3. The molecule has 0 saturated heterocycles. The van der Waals surface area contributed by atoms with Gasteiger partial charge in [-0.25, -0.2) is 12.8 Å². The van der Waals surface area contributed by atoms with E-state index in [0.717, 1.165) is 25.0 Å². The number of halogens is 7. The van der Waals surface area contributed by atoms with Crippen LogP contribution in [0.2, 0.25) is 0 Å². The largest absolute Gasteiger partial charge is 0.435 e. The van der Waals surface area contributed by atoms with Crippen molar-refractivity contribution in [2.75, 3.05) is 35.4 Å². The lowest BCUT2D eigenvalue weighted by molar-refractivity contribution is -0.348. The van der Waals surface area contributed by atoms with E-state index in [9.17, 15) is 48.7 Å². The third kappa shape index (κ3) is 7.00. The van der Waals surface area contributed by atoms with Gasteiger partial charge in [-0.05, 0) is 55.3 Å². The van der Waals surface area contributed by atoms with Gasteiger partial charge in [0, 0.05) is 47.9 Å². The molecule has 3 rings (SSSR count). The van der Waals surface area contributed by atoms with Gasteiger partial charge in [0.25, 0.3) is 11.8 Å². The minimum absolute atomic E-state index is 0.0292. The molecule has 0 heterocycles. The molecule has 3 aromatic rings. The van der Waals surface area contributed by atoms with Crippen LogP contribution >= 0.6 is 0 Å². The SMILES string of the molecule is Cc1cc(C(F)(C(F)(F)F)C(F)(F)F)cc(C)c1N(C)C(=O)c1cccc(N(CCS(C)(=O)=O)C(=O)c2ccccc2)c1. The van der Waals surface area contributed by atoms with Crippen LogP contribution in [0, 0.1) is 13.8 Å². The van der Waals surface area contributed by atoms with Gasteiger partial charge in [-0.3, -0.25) is 9.59 Å². The second-order valence-electron chi connectivity index (χ2n) is 9.98. The average Bonchev–Trinajstić information content (AvgIpc) is 2.90. The highest BCUT2D eigenvalue weighted by Gasteiger charge is 2.73. The van der Waals surface area contributed by atoms with E-state index >= 15 is 0 Å². The van der Waals surface area contributed by atoms with E-state index in [-0.39, 0.29) is 45.9 Å². The van der Waals surface area contributed by atoms with E-state index < -0.39 is 45.2 Å². The molecule has 0 spiro atoms. The fourth-order valence-corrected chi connectivity index (χ4v) is 5.13. The number of sulfone groups is 1. The number of carbonyl (C=O) groups is 2. The molecule has 43 heavy (non-hydrogen) atoms. The third-order valence-corrected chi connectivity index (χ3v) is 7.59. The molecule has 0 aromatic heterocycles. The van der Waals surface area contributed by atoms with Crippen LogP contribution in [0.25, 0.3) is 0 Å². The summed E-state index contributed by atoms with van der Waals surface area (Å²) in [6.45, 7) is 2.04. The van der Waals surface area contributed by atoms with Gasteiger partial charge in [-0.15, -0.1) is 0 Å². The zero-order valence-electron chi connectivity index (χ0n) is 23.3. The van der Waals surface area contributed by atoms with E-state index in [1.165, 1.54) is 48.3 Å². The topological polar surface area (TPSA) is 74.8 Å². The van der Waals surface area contributed by atoms with Gasteiger partial charge < -0.3 is 9.80 Å². The van der Waals surface area contributed by atoms with E-state index in [2.05, 4.69) is 0 Å². The molecule has 0 N–H and O–H groups in total. The lowest BCUT2D eigenvalue weighted by Crippen LogP contribution is -2.50. The van der Waals surface area contributed by atoms with Crippen molar-refractivity contribution in [3.8, 4) is 0 Å². The van der Waals surface area contributed by atoms with Gasteiger partial charge in [0.05, 0.1) is 5.75 Å². The van der Waals surface area contributed by atoms with E-state index in [1.54, 1.807) is 18.2 Å². The van der Waals surface area contributed by atoms with Gasteiger partial charge >= 0.3 is 18.0 Å². The predicted molar refractivity (Wildman–Crippen MR) is 148 cm³/mol. The number of amides is 2. The lowest BCUT2D eigenvalue weighted by atomic mass is 9.90. The molecule has 0 aliphatic carbocycles. The van der Waals surface area contributed by atoms with Crippen molar-refractivity contribution in [3.05, 3.63) is 94.5 Å². The van der Waals surface area contributed by atoms with Gasteiger partial charge in [0.15, 0.2) is 0 Å². The quantitative estimate of drug-likeness (QED) is 0.264. The molecule has 232 valence electrons. The minimum atomic E-state index is -6.30. The highest BCUT2D eigenvalue weighted by Crippen LogP contribution is 2.54. The van der Waals surface area contributed by atoms with Crippen LogP contribution in [-0.4, -0.2) is 58.2 Å². The zero-order chi connectivity index (χ0) is 32.5. The molecule has 0 unspecified atom stereocenters. The second kappa shape index (κ2) is 12.0. The van der Waals surface area contributed by atoms with Crippen molar-refractivity contribution in [1.29, 1.82) is 0 Å². The average molecular weight is 633 g/mol. The Kier molecular flexibility index (Phi) is 9.35. The summed E-state index contributed by atoms with van der Waals surface area (Å²) in [6.07, 6.45) is -11.6. The second-order valence-corrected chi connectivity index (χ2v) is 12.2. The Morgan fingerprint density at radius 3 is 1.74 bits per heavy atom. The summed E-state index contributed by atoms with van der Waals surface area (Å²) in [5.74, 6) is -1.69. The number of rotatable bonds is 8. The Bertz CT molecular complexity index is 1580. The number of nitrogens with zero attached hydrogens (tertiary/aromatic N) is 2. The Morgan fingerprint density at radius 2 is 1.26 bits per heavy atom. The minimum Gasteiger partial charge on any atom is -0.311 e. The van der Waals surface area contributed by atoms with Gasteiger partial charge in [-0.2, -0.15) is 26.3 Å². The summed E-state index contributed by atoms with van der Waals surface area (Å²) in [7, 11) is -2.26. The van der Waals surface area contributed by atoms with Crippen LogP contribution in [-0.2, 0) is 15.5 Å². The Balaban J connectivity index is 2.03. The molecule has 0 bridgehead atoms. The Labute approximate surface area is 243 Å². The molecule has 14 heteroatoms. The molecule has 2 amide bonds. The van der Waals surface area contributed by atoms with Crippen molar-refractivity contribution < 1.29 is 48.7 Å². The number of aryl methyl sites for hydroxylation is 2. The molecule has 0 fully saturated rings. The van der Waals surface area contributed by atoms with Crippen molar-refractivity contribution >= 4 is 33.0 Å². The maximum atomic E-state index is 14.7. The molecule has 6 nitrogen and oxygen atoms in total. The molecular weight excluding hydrogens is 605 g/mol. The summed E-state index contributed by atoms with van der Waals surface area (Å²) in [5.41, 5.74) is -7.44. The van der Waals surface area contributed by atoms with Crippen molar-refractivity contribution in [2.45, 2.75) is 31.9 Å². The standard InChI is InChI=1S/C29H27F7N2O4S/c1-18-15-22(27(30,28(31,32)33)29(34,35)36)16-19(2)24(18)37(3)25(39)21-11-8-12-23(17-21)38(13-14-43(4,41)42)26(40)20-9-6-5-7-10-20/h5-12,15-17H,13-14H2,1-4H3. The highest BCUT2D eigenvalue weighted by atomic mass is 32.2. The molecule has 0 atom stereocenters. The van der Waals surface area contributed by atoms with Crippen molar-refractivity contribution in [1.82, 2.24) is 0 Å². The highest BCUT2D eigenvalue weighted by molar-refractivity contribution is 7.90. The van der Waals surface area contributed by atoms with Crippen LogP contribution in [0.4, 0.5) is 42.1 Å². The third-order valence-electron chi connectivity index (χ3n) is 6.67. The molecular formula is C29H27F7N2O4S. The smallest absolute Gasteiger partial charge is 0.311 e. The van der Waals surface area contributed by atoms with Crippen LogP contribution in [0.15, 0.2) is 66.7 Å². The first kappa shape index (κ1) is 33.6. The van der Waals surface area contributed by atoms with Crippen LogP contribution in [0.5, 0.6) is 0 Å². The van der Waals surface area contributed by atoms with Crippen molar-refractivity contribution in [3.63, 3.8) is 0 Å². The van der Waals surface area contributed by atoms with E-state index in [1.807, 2.05) is 0 Å². The summed E-state index contributed by atoms with van der Waals surface area (Å²) < 4.78 is 118. The maximum absolute atomic E-state index is 14.7. The predicted octanol–water partition coefficient (Wildman–Crippen LogP) is 6.56. The molecule has 0 saturated carbocycles. The molecule has 0 aliphatic heterocycles. The fraction of sp³-hybridized carbons (Fsp3) is 0.310. The number of hydrogen-bond acceptors (Lipinski definition) is 4. The fourth-order valence-electron chi connectivity index (χ4n) is 4.62. The molecule has 3 aromatic carbocycles. The lowest BCUT2D eigenvalue weighted by Gasteiger charge is -2.32. The van der Waals surface area contributed by atoms with Gasteiger partial charge in [0.1, 0.15) is 9.84 Å². The monoisotopic (exact) mass is 632 g/mol. The van der Waals surface area contributed by atoms with Crippen LogP contribution in [0.3, 0.4) is 0 Å². The number of hydrogen-bond donors (Lipinski definition) is 0. The Morgan fingerprint density at radius 1 is 0.744 bits per heavy atom. The number of carbonyl (C=O) groups excluding carboxylic acids is 2. The first-order chi connectivity index (χ1) is 19.7. The first-order valence-corrected chi connectivity index (χ1v) is 14.6. The Hall–Kier alpha value is -3.94. The molecule has 0 aliphatic rings. The first-order valence-electron chi connectivity index (χ1n) is 12.6. The summed E-state index contributed by atoms with van der Waals surface area (Å²) in [4.78, 5) is 28.9. The van der Waals surface area contributed by atoms with Crippen molar-refractivity contribution in [2.24, 2.45) is 0 Å². The van der Waals surface area contributed by atoms with Gasteiger partial charge in [-0.1, -0.05) is 36.4 Å². The zero-order valence-corrected chi connectivity index (χ0v) is 24.2. The van der Waals surface area contributed by atoms with E-state index in [4.69, 9.17) is 0 Å². The van der Waals surface area contributed by atoms with E-state index in [0.29, 0.717) is 12.1 Å². The van der Waals surface area contributed by atoms with Crippen LogP contribution < -0.4 is 9.80 Å². The maximum Gasteiger partial charge on any atom is 0.435 e.